The summed E-state index contributed by atoms with van der Waals surface area (Å²) >= 11 is 0. The van der Waals surface area contributed by atoms with Crippen LogP contribution >= 0.6 is 12.4 Å². The summed E-state index contributed by atoms with van der Waals surface area (Å²) in [5.74, 6) is 0.576. The predicted octanol–water partition coefficient (Wildman–Crippen LogP) is 5.16. The number of benzene rings is 2. The summed E-state index contributed by atoms with van der Waals surface area (Å²) in [6, 6.07) is 11.3. The molecule has 1 saturated heterocycles. The third-order valence-electron chi connectivity index (χ3n) is 8.34. The summed E-state index contributed by atoms with van der Waals surface area (Å²) < 4.78 is 6.13. The molecule has 1 saturated carbocycles. The van der Waals surface area contributed by atoms with Gasteiger partial charge >= 0.3 is 0 Å². The molecule has 2 heterocycles. The zero-order valence-electron chi connectivity index (χ0n) is 22.3. The molecule has 0 aromatic heterocycles. The smallest absolute Gasteiger partial charge is 0.261 e. The molecule has 7 heteroatoms. The zero-order chi connectivity index (χ0) is 25.4. The quantitative estimate of drug-likeness (QED) is 0.502. The number of halogens is 1. The van der Waals surface area contributed by atoms with Crippen molar-refractivity contribution in [2.45, 2.75) is 65.1 Å². The Labute approximate surface area is 226 Å². The highest BCUT2D eigenvalue weighted by molar-refractivity contribution is 6.25. The second-order valence-corrected chi connectivity index (χ2v) is 12.2. The van der Waals surface area contributed by atoms with E-state index in [1.54, 1.807) is 0 Å². The molecule has 2 aromatic carbocycles. The van der Waals surface area contributed by atoms with Gasteiger partial charge in [0.25, 0.3) is 11.8 Å². The van der Waals surface area contributed by atoms with Crippen LogP contribution in [0.5, 0.6) is 0 Å². The van der Waals surface area contributed by atoms with Crippen LogP contribution in [0.4, 0.5) is 0 Å². The molecule has 0 bridgehead atoms. The molecule has 202 valence electrons. The van der Waals surface area contributed by atoms with Crippen molar-refractivity contribution in [3.05, 3.63) is 47.5 Å². The number of β-amino-alcohol motifs (C(OH)–C–C–N with tert-alkyl or cyclic N) is 1. The molecule has 6 nitrogen and oxygen atoms in total. The summed E-state index contributed by atoms with van der Waals surface area (Å²) in [6.07, 6.45) is 4.93. The number of ether oxygens (including phenoxy) is 1. The van der Waals surface area contributed by atoms with Gasteiger partial charge in [-0.15, -0.1) is 12.4 Å². The summed E-state index contributed by atoms with van der Waals surface area (Å²) in [6.45, 7) is 10.1. The lowest BCUT2D eigenvalue weighted by Gasteiger charge is -2.39. The second kappa shape index (κ2) is 11.4. The van der Waals surface area contributed by atoms with E-state index in [-0.39, 0.29) is 36.2 Å². The Bertz CT molecular complexity index is 1080. The van der Waals surface area contributed by atoms with E-state index in [4.69, 9.17) is 4.74 Å². The van der Waals surface area contributed by atoms with Crippen LogP contribution in [0.25, 0.3) is 10.8 Å². The van der Waals surface area contributed by atoms with Crippen LogP contribution in [0.15, 0.2) is 36.4 Å². The maximum atomic E-state index is 13.2. The van der Waals surface area contributed by atoms with Gasteiger partial charge in [0, 0.05) is 29.6 Å². The maximum Gasteiger partial charge on any atom is 0.261 e. The van der Waals surface area contributed by atoms with Crippen molar-refractivity contribution < 1.29 is 19.4 Å². The van der Waals surface area contributed by atoms with Crippen molar-refractivity contribution in [3.63, 3.8) is 0 Å². The van der Waals surface area contributed by atoms with Crippen LogP contribution in [0.3, 0.4) is 0 Å². The van der Waals surface area contributed by atoms with E-state index in [2.05, 4.69) is 25.7 Å². The molecule has 2 fully saturated rings. The molecule has 2 aliphatic heterocycles. The molecule has 5 rings (SSSR count). The second-order valence-electron chi connectivity index (χ2n) is 12.2. The van der Waals surface area contributed by atoms with E-state index in [1.807, 2.05) is 36.4 Å². The van der Waals surface area contributed by atoms with Gasteiger partial charge < -0.3 is 14.7 Å². The lowest BCUT2D eigenvalue weighted by atomic mass is 9.71. The first-order valence-electron chi connectivity index (χ1n) is 13.6. The minimum atomic E-state index is -0.496. The molecular weight excluding hydrogens is 488 g/mol. The number of carbonyl (C=O) groups is 2. The van der Waals surface area contributed by atoms with Crippen molar-refractivity contribution in [3.8, 4) is 0 Å². The highest BCUT2D eigenvalue weighted by Gasteiger charge is 2.35. The number of carbonyl (C=O) groups excluding carboxylic acids is 2. The highest BCUT2D eigenvalue weighted by atomic mass is 35.5. The molecule has 1 N–H and O–H groups in total. The number of piperidine rings is 1. The molecule has 0 spiro atoms. The number of imide groups is 1. The van der Waals surface area contributed by atoms with Crippen LogP contribution in [0.1, 0.15) is 73.6 Å². The van der Waals surface area contributed by atoms with Crippen molar-refractivity contribution in [1.29, 1.82) is 0 Å². The van der Waals surface area contributed by atoms with Crippen LogP contribution < -0.4 is 0 Å². The molecule has 1 aliphatic carbocycles. The first-order chi connectivity index (χ1) is 17.2. The third-order valence-corrected chi connectivity index (χ3v) is 8.34. The van der Waals surface area contributed by atoms with Gasteiger partial charge in [-0.3, -0.25) is 14.5 Å². The average molecular weight is 529 g/mol. The first kappa shape index (κ1) is 28.0. The third kappa shape index (κ3) is 6.19. The molecule has 3 aliphatic rings. The van der Waals surface area contributed by atoms with E-state index in [1.165, 1.54) is 11.3 Å². The molecule has 3 unspecified atom stereocenters. The number of amides is 2. The number of aliphatic hydroxyl groups excluding tert-OH is 1. The van der Waals surface area contributed by atoms with E-state index in [9.17, 15) is 14.7 Å². The lowest BCUT2D eigenvalue weighted by molar-refractivity contribution is -0.0628. The summed E-state index contributed by atoms with van der Waals surface area (Å²) in [7, 11) is 0. The normalized spacial score (nSPS) is 25.2. The number of rotatable bonds is 7. The maximum absolute atomic E-state index is 13.2. The number of aliphatic hydroxyl groups is 1. The predicted molar refractivity (Wildman–Crippen MR) is 148 cm³/mol. The fraction of sp³-hybridized carbons (Fsp3) is 0.600. The van der Waals surface area contributed by atoms with Gasteiger partial charge in [0.15, 0.2) is 0 Å². The van der Waals surface area contributed by atoms with Gasteiger partial charge in [0.05, 0.1) is 18.8 Å². The van der Waals surface area contributed by atoms with Crippen molar-refractivity contribution >= 4 is 35.0 Å². The Morgan fingerprint density at radius 1 is 1.03 bits per heavy atom. The standard InChI is InChI=1S/C30H40N2O4.ClH/c1-20-14-24(16-30(2,3)15-20)36-19-23(33)18-31-12-10-21(11-13-31)17-32-28(34)25-8-4-6-22-7-5-9-26(27(22)25)29(32)35;/h4-9,20-21,23-24,33H,10-19H2,1-3H3;1H. The van der Waals surface area contributed by atoms with Crippen LogP contribution in [0.2, 0.25) is 0 Å². The van der Waals surface area contributed by atoms with Gasteiger partial charge in [0.2, 0.25) is 0 Å². The van der Waals surface area contributed by atoms with E-state index < -0.39 is 6.10 Å². The van der Waals surface area contributed by atoms with E-state index in [0.29, 0.717) is 42.2 Å². The SMILES string of the molecule is CC1CC(OCC(O)CN2CCC(CN3C(=O)c4cccc5cccc(c45)C3=O)CC2)CC(C)(C)C1.Cl. The topological polar surface area (TPSA) is 70.1 Å². The first-order valence-corrected chi connectivity index (χ1v) is 13.6. The molecular formula is C30H41ClN2O4. The Balaban J connectivity index is 0.00000320. The minimum absolute atomic E-state index is 0. The summed E-state index contributed by atoms with van der Waals surface area (Å²) in [4.78, 5) is 30.2. The average Bonchev–Trinajstić information content (AvgIpc) is 2.83. The molecule has 2 aromatic rings. The monoisotopic (exact) mass is 528 g/mol. The van der Waals surface area contributed by atoms with Gasteiger partial charge in [-0.1, -0.05) is 45.0 Å². The van der Waals surface area contributed by atoms with Crippen molar-refractivity contribution in [2.24, 2.45) is 17.3 Å². The minimum Gasteiger partial charge on any atom is -0.389 e. The fourth-order valence-corrected chi connectivity index (χ4v) is 6.84. The zero-order valence-corrected chi connectivity index (χ0v) is 23.1. The van der Waals surface area contributed by atoms with Gasteiger partial charge in [-0.2, -0.15) is 0 Å². The van der Waals surface area contributed by atoms with E-state index >= 15 is 0 Å². The number of hydrogen-bond acceptors (Lipinski definition) is 5. The Hall–Kier alpha value is -1.99. The largest absolute Gasteiger partial charge is 0.389 e. The van der Waals surface area contributed by atoms with Gasteiger partial charge in [-0.25, -0.2) is 0 Å². The number of nitrogens with zero attached hydrogens (tertiary/aromatic N) is 2. The molecule has 37 heavy (non-hydrogen) atoms. The van der Waals surface area contributed by atoms with Crippen LogP contribution in [0, 0.1) is 17.3 Å². The Kier molecular flexibility index (Phi) is 8.64. The van der Waals surface area contributed by atoms with Crippen LogP contribution in [-0.2, 0) is 4.74 Å². The molecule has 3 atom stereocenters. The Morgan fingerprint density at radius 3 is 2.24 bits per heavy atom. The molecule has 0 radical (unpaired) electrons. The van der Waals surface area contributed by atoms with Gasteiger partial charge in [-0.05, 0) is 80.0 Å². The van der Waals surface area contributed by atoms with Crippen molar-refractivity contribution in [2.75, 3.05) is 32.8 Å². The van der Waals surface area contributed by atoms with E-state index in [0.717, 1.165) is 49.5 Å². The fourth-order valence-electron chi connectivity index (χ4n) is 6.84. The van der Waals surface area contributed by atoms with Gasteiger partial charge in [0.1, 0.15) is 0 Å². The number of hydrogen-bond donors (Lipinski definition) is 1. The highest BCUT2D eigenvalue weighted by Crippen LogP contribution is 2.39. The van der Waals surface area contributed by atoms with Crippen LogP contribution in [-0.4, -0.2) is 71.7 Å². The summed E-state index contributed by atoms with van der Waals surface area (Å²) in [5, 5.41) is 12.3. The Morgan fingerprint density at radius 2 is 1.65 bits per heavy atom. The summed E-state index contributed by atoms with van der Waals surface area (Å²) in [5.41, 5.74) is 1.55. The van der Waals surface area contributed by atoms with Crippen molar-refractivity contribution in [1.82, 2.24) is 9.80 Å². The lowest BCUT2D eigenvalue weighted by Crippen LogP contribution is -2.46. The molecule has 2 amide bonds. The number of likely N-dealkylation sites (tertiary alicyclic amines) is 1.